The molecule has 1 unspecified atom stereocenters. The number of ether oxygens (including phenoxy) is 1. The molecule has 0 bridgehead atoms. The van der Waals surface area contributed by atoms with Crippen molar-refractivity contribution >= 4 is 0 Å². The predicted molar refractivity (Wildman–Crippen MR) is 111 cm³/mol. The van der Waals surface area contributed by atoms with E-state index in [1.54, 1.807) is 0 Å². The van der Waals surface area contributed by atoms with Crippen LogP contribution in [-0.4, -0.2) is 42.9 Å². The molecule has 3 heteroatoms. The fraction of sp³-hybridized carbons (Fsp3) is 0.250. The molecular formula is C24H28NO2+. The summed E-state index contributed by atoms with van der Waals surface area (Å²) in [6.45, 7) is 1.78. The first-order valence-corrected chi connectivity index (χ1v) is 9.35. The highest BCUT2D eigenvalue weighted by Gasteiger charge is 2.22. The Morgan fingerprint density at radius 1 is 0.815 bits per heavy atom. The summed E-state index contributed by atoms with van der Waals surface area (Å²) in [6, 6.07) is 28.5. The number of aliphatic hydroxyl groups excluding tert-OH is 1. The van der Waals surface area contributed by atoms with Crippen LogP contribution in [0.1, 0.15) is 5.56 Å². The average Bonchev–Trinajstić information content (AvgIpc) is 2.67. The van der Waals surface area contributed by atoms with E-state index in [0.717, 1.165) is 23.4 Å². The highest BCUT2D eigenvalue weighted by Crippen LogP contribution is 2.29. The van der Waals surface area contributed by atoms with Gasteiger partial charge in [0.2, 0.25) is 0 Å². The summed E-state index contributed by atoms with van der Waals surface area (Å²) in [5.74, 6) is 0.802. The largest absolute Gasteiger partial charge is 0.490 e. The molecule has 0 aliphatic carbocycles. The number of aliphatic hydroxyl groups is 1. The molecule has 0 aliphatic rings. The van der Waals surface area contributed by atoms with Gasteiger partial charge in [0, 0.05) is 11.1 Å². The van der Waals surface area contributed by atoms with Gasteiger partial charge in [0.1, 0.15) is 31.5 Å². The van der Waals surface area contributed by atoms with Gasteiger partial charge in [0.25, 0.3) is 0 Å². The second kappa shape index (κ2) is 8.85. The molecule has 0 saturated heterocycles. The molecule has 1 atom stereocenters. The van der Waals surface area contributed by atoms with Crippen molar-refractivity contribution in [2.45, 2.75) is 12.6 Å². The number of hydrogen-bond donors (Lipinski definition) is 1. The number of hydrogen-bond acceptors (Lipinski definition) is 2. The molecule has 0 spiro atoms. The summed E-state index contributed by atoms with van der Waals surface area (Å²) in [6.07, 6.45) is -0.535. The van der Waals surface area contributed by atoms with Gasteiger partial charge in [-0.15, -0.1) is 0 Å². The first kappa shape index (κ1) is 19.2. The zero-order valence-electron chi connectivity index (χ0n) is 16.1. The Labute approximate surface area is 162 Å². The second-order valence-corrected chi connectivity index (χ2v) is 7.59. The third-order valence-electron chi connectivity index (χ3n) is 4.56. The lowest BCUT2D eigenvalue weighted by molar-refractivity contribution is -0.906. The molecule has 0 aromatic heterocycles. The van der Waals surface area contributed by atoms with E-state index >= 15 is 0 Å². The van der Waals surface area contributed by atoms with Gasteiger partial charge in [-0.1, -0.05) is 78.9 Å². The highest BCUT2D eigenvalue weighted by atomic mass is 16.5. The van der Waals surface area contributed by atoms with Gasteiger partial charge in [-0.25, -0.2) is 0 Å². The SMILES string of the molecule is C[N+](C)(Cc1ccccc1)CC(O)COc1ccccc1-c1ccccc1. The van der Waals surface area contributed by atoms with Gasteiger partial charge in [-0.3, -0.25) is 0 Å². The van der Waals surface area contributed by atoms with Crippen LogP contribution in [0.15, 0.2) is 84.9 Å². The summed E-state index contributed by atoms with van der Waals surface area (Å²) >= 11 is 0. The van der Waals surface area contributed by atoms with E-state index in [0.29, 0.717) is 11.0 Å². The smallest absolute Gasteiger partial charge is 0.137 e. The summed E-state index contributed by atoms with van der Waals surface area (Å²) in [5.41, 5.74) is 3.43. The minimum Gasteiger partial charge on any atom is -0.490 e. The van der Waals surface area contributed by atoms with Gasteiger partial charge >= 0.3 is 0 Å². The molecule has 3 aromatic carbocycles. The summed E-state index contributed by atoms with van der Waals surface area (Å²) < 4.78 is 6.69. The van der Waals surface area contributed by atoms with Crippen LogP contribution in [0.5, 0.6) is 5.75 Å². The van der Waals surface area contributed by atoms with Gasteiger partial charge < -0.3 is 14.3 Å². The van der Waals surface area contributed by atoms with Crippen molar-refractivity contribution < 1.29 is 14.3 Å². The summed E-state index contributed by atoms with van der Waals surface area (Å²) in [4.78, 5) is 0. The maximum absolute atomic E-state index is 10.5. The van der Waals surface area contributed by atoms with Crippen molar-refractivity contribution in [2.24, 2.45) is 0 Å². The molecule has 27 heavy (non-hydrogen) atoms. The first-order chi connectivity index (χ1) is 13.0. The molecule has 1 N–H and O–H groups in total. The van der Waals surface area contributed by atoms with Crippen molar-refractivity contribution in [2.75, 3.05) is 27.2 Å². The first-order valence-electron chi connectivity index (χ1n) is 9.35. The molecule has 0 aliphatic heterocycles. The van der Waals surface area contributed by atoms with Crippen LogP contribution < -0.4 is 4.74 Å². The number of likely N-dealkylation sites (N-methyl/N-ethyl adjacent to an activating group) is 1. The van der Waals surface area contributed by atoms with Crippen LogP contribution in [0.3, 0.4) is 0 Å². The summed E-state index contributed by atoms with van der Waals surface area (Å²) in [7, 11) is 4.27. The van der Waals surface area contributed by atoms with Gasteiger partial charge in [-0.05, 0) is 11.6 Å². The zero-order valence-corrected chi connectivity index (χ0v) is 16.1. The summed E-state index contributed by atoms with van der Waals surface area (Å²) in [5, 5.41) is 10.5. The lowest BCUT2D eigenvalue weighted by Crippen LogP contribution is -2.46. The maximum atomic E-state index is 10.5. The van der Waals surface area contributed by atoms with Crippen LogP contribution in [-0.2, 0) is 6.54 Å². The number of para-hydroxylation sites is 1. The Morgan fingerprint density at radius 3 is 2.11 bits per heavy atom. The number of quaternary nitrogens is 1. The molecule has 3 aromatic rings. The highest BCUT2D eigenvalue weighted by molar-refractivity contribution is 5.70. The third-order valence-corrected chi connectivity index (χ3v) is 4.56. The number of rotatable bonds is 8. The number of benzene rings is 3. The Morgan fingerprint density at radius 2 is 1.41 bits per heavy atom. The topological polar surface area (TPSA) is 29.5 Å². The van der Waals surface area contributed by atoms with Crippen molar-refractivity contribution in [1.29, 1.82) is 0 Å². The van der Waals surface area contributed by atoms with E-state index in [1.807, 2.05) is 48.5 Å². The van der Waals surface area contributed by atoms with E-state index in [4.69, 9.17) is 4.74 Å². The zero-order chi connectivity index (χ0) is 19.1. The fourth-order valence-electron chi connectivity index (χ4n) is 3.40. The maximum Gasteiger partial charge on any atom is 0.137 e. The molecule has 0 saturated carbocycles. The Kier molecular flexibility index (Phi) is 6.28. The van der Waals surface area contributed by atoms with Crippen LogP contribution in [0, 0.1) is 0 Å². The quantitative estimate of drug-likeness (QED) is 0.603. The molecule has 0 radical (unpaired) electrons. The Balaban J connectivity index is 1.60. The van der Waals surface area contributed by atoms with Gasteiger partial charge in [0.05, 0.1) is 14.1 Å². The lowest BCUT2D eigenvalue weighted by Gasteiger charge is -2.32. The molecule has 3 rings (SSSR count). The molecule has 3 nitrogen and oxygen atoms in total. The van der Waals surface area contributed by atoms with Crippen molar-refractivity contribution in [3.8, 4) is 16.9 Å². The molecule has 140 valence electrons. The van der Waals surface area contributed by atoms with Crippen LogP contribution in [0.25, 0.3) is 11.1 Å². The molecule has 0 fully saturated rings. The monoisotopic (exact) mass is 362 g/mol. The normalized spacial score (nSPS) is 12.6. The molecule has 0 amide bonds. The van der Waals surface area contributed by atoms with E-state index in [-0.39, 0.29) is 6.61 Å². The molecular weight excluding hydrogens is 334 g/mol. The third kappa shape index (κ3) is 5.68. The van der Waals surface area contributed by atoms with Crippen LogP contribution >= 0.6 is 0 Å². The van der Waals surface area contributed by atoms with E-state index in [2.05, 4.69) is 50.5 Å². The van der Waals surface area contributed by atoms with Crippen molar-refractivity contribution in [3.63, 3.8) is 0 Å². The van der Waals surface area contributed by atoms with Crippen molar-refractivity contribution in [1.82, 2.24) is 0 Å². The van der Waals surface area contributed by atoms with Gasteiger partial charge in [-0.2, -0.15) is 0 Å². The van der Waals surface area contributed by atoms with E-state index < -0.39 is 6.10 Å². The fourth-order valence-corrected chi connectivity index (χ4v) is 3.40. The lowest BCUT2D eigenvalue weighted by atomic mass is 10.1. The van der Waals surface area contributed by atoms with E-state index in [9.17, 15) is 5.11 Å². The Bertz CT molecular complexity index is 831. The van der Waals surface area contributed by atoms with Crippen LogP contribution in [0.2, 0.25) is 0 Å². The van der Waals surface area contributed by atoms with Crippen LogP contribution in [0.4, 0.5) is 0 Å². The predicted octanol–water partition coefficient (Wildman–Crippen LogP) is 4.37. The van der Waals surface area contributed by atoms with Gasteiger partial charge in [0.15, 0.2) is 0 Å². The van der Waals surface area contributed by atoms with Crippen molar-refractivity contribution in [3.05, 3.63) is 90.5 Å². The minimum absolute atomic E-state index is 0.278. The Hall–Kier alpha value is -2.62. The van der Waals surface area contributed by atoms with E-state index in [1.165, 1.54) is 5.56 Å². The average molecular weight is 362 g/mol. The minimum atomic E-state index is -0.535. The second-order valence-electron chi connectivity index (χ2n) is 7.59. The molecule has 0 heterocycles. The standard InChI is InChI=1S/C24H28NO2/c1-25(2,17-20-11-5-3-6-12-20)18-22(26)19-27-24-16-10-9-15-23(24)21-13-7-4-8-14-21/h3-16,22,26H,17-19H2,1-2H3/q+1. The number of nitrogens with zero attached hydrogens (tertiary/aromatic N) is 1.